The maximum absolute atomic E-state index is 14.2. The van der Waals surface area contributed by atoms with Crippen molar-refractivity contribution in [3.63, 3.8) is 0 Å². The van der Waals surface area contributed by atoms with E-state index >= 15 is 0 Å². The van der Waals surface area contributed by atoms with Crippen molar-refractivity contribution in [2.24, 2.45) is 5.92 Å². The van der Waals surface area contributed by atoms with Crippen LogP contribution >= 0.6 is 12.6 Å². The zero-order chi connectivity index (χ0) is 31.3. The van der Waals surface area contributed by atoms with Gasteiger partial charge in [-0.1, -0.05) is 86.1 Å². The second kappa shape index (κ2) is 16.5. The summed E-state index contributed by atoms with van der Waals surface area (Å²) in [6, 6.07) is 26.4. The van der Waals surface area contributed by atoms with Crippen molar-refractivity contribution in [1.82, 2.24) is 19.8 Å². The lowest BCUT2D eigenvalue weighted by molar-refractivity contribution is -0.124. The normalized spacial score (nSPS) is 11.6. The number of rotatable bonds is 16. The predicted octanol–water partition coefficient (Wildman–Crippen LogP) is 5.52. The molecule has 2 amide bonds. The number of imidazole rings is 1. The third-order valence-electron chi connectivity index (χ3n) is 7.61. The first-order chi connectivity index (χ1) is 21.4. The molecule has 0 bridgehead atoms. The molecule has 4 aromatic rings. The lowest BCUT2D eigenvalue weighted by atomic mass is 10.0. The van der Waals surface area contributed by atoms with Crippen molar-refractivity contribution in [2.75, 3.05) is 19.0 Å². The number of thiol groups is 1. The highest BCUT2D eigenvalue weighted by Crippen LogP contribution is 2.17. The first-order valence-electron chi connectivity index (χ1n) is 15.0. The van der Waals surface area contributed by atoms with E-state index in [0.717, 1.165) is 35.4 Å². The van der Waals surface area contributed by atoms with E-state index in [9.17, 15) is 19.5 Å². The molecule has 0 saturated carbocycles. The molecule has 0 radical (unpaired) electrons. The molecule has 44 heavy (non-hydrogen) atoms. The largest absolute Gasteiger partial charge is 0.478 e. The number of carboxylic acids is 1. The topological polar surface area (TPSA) is 105 Å². The van der Waals surface area contributed by atoms with Gasteiger partial charge in [0, 0.05) is 25.3 Å². The fraction of sp³-hybridized carbons (Fsp3) is 0.314. The number of nitrogens with zero attached hydrogens (tertiary/aromatic N) is 3. The van der Waals surface area contributed by atoms with Crippen molar-refractivity contribution in [2.45, 2.75) is 45.6 Å². The van der Waals surface area contributed by atoms with Gasteiger partial charge in [0.05, 0.1) is 24.3 Å². The van der Waals surface area contributed by atoms with Gasteiger partial charge in [-0.2, -0.15) is 12.6 Å². The summed E-state index contributed by atoms with van der Waals surface area (Å²) in [7, 11) is 0. The Kier molecular flexibility index (Phi) is 12.2. The third kappa shape index (κ3) is 9.07. The van der Waals surface area contributed by atoms with Crippen LogP contribution in [-0.4, -0.2) is 56.3 Å². The number of aromatic carboxylic acids is 1. The number of carbonyl (C=O) groups is 3. The molecule has 0 aliphatic heterocycles. The van der Waals surface area contributed by atoms with Crippen LogP contribution in [0.15, 0.2) is 91.1 Å². The summed E-state index contributed by atoms with van der Waals surface area (Å²) < 4.78 is 1.91. The zero-order valence-electron chi connectivity index (χ0n) is 25.1. The molecule has 3 aromatic carbocycles. The zero-order valence-corrected chi connectivity index (χ0v) is 26.0. The molecular formula is C35H40N4O4S. The highest BCUT2D eigenvalue weighted by atomic mass is 32.1. The van der Waals surface area contributed by atoms with Crippen LogP contribution < -0.4 is 5.32 Å². The Hall–Kier alpha value is -4.37. The molecule has 0 aliphatic carbocycles. The molecule has 1 aromatic heterocycles. The average Bonchev–Trinajstić information content (AvgIpc) is 3.45. The molecule has 2 N–H and O–H groups in total. The molecule has 0 fully saturated rings. The lowest BCUT2D eigenvalue weighted by Crippen LogP contribution is -2.45. The Labute approximate surface area is 264 Å². The third-order valence-corrected chi connectivity index (χ3v) is 8.05. The van der Waals surface area contributed by atoms with Gasteiger partial charge in [-0.25, -0.2) is 9.78 Å². The highest BCUT2D eigenvalue weighted by molar-refractivity contribution is 7.80. The minimum Gasteiger partial charge on any atom is -0.478 e. The minimum absolute atomic E-state index is 0.0480. The van der Waals surface area contributed by atoms with Gasteiger partial charge in [-0.3, -0.25) is 9.59 Å². The van der Waals surface area contributed by atoms with E-state index in [-0.39, 0.29) is 30.0 Å². The van der Waals surface area contributed by atoms with Crippen molar-refractivity contribution in [3.05, 3.63) is 125 Å². The van der Waals surface area contributed by atoms with Crippen LogP contribution in [0.2, 0.25) is 0 Å². The summed E-state index contributed by atoms with van der Waals surface area (Å²) in [6.45, 7) is 2.92. The summed E-state index contributed by atoms with van der Waals surface area (Å²) in [6.07, 6.45) is 5.40. The van der Waals surface area contributed by atoms with E-state index in [1.165, 1.54) is 0 Å². The first-order valence-corrected chi connectivity index (χ1v) is 15.6. The molecule has 8 nitrogen and oxygen atoms in total. The predicted molar refractivity (Wildman–Crippen MR) is 175 cm³/mol. The van der Waals surface area contributed by atoms with E-state index in [4.69, 9.17) is 0 Å². The van der Waals surface area contributed by atoms with Crippen LogP contribution in [0.4, 0.5) is 0 Å². The monoisotopic (exact) mass is 612 g/mol. The number of hydrogen-bond donors (Lipinski definition) is 3. The number of benzene rings is 3. The minimum atomic E-state index is -0.987. The molecule has 1 heterocycles. The smallest absolute Gasteiger partial charge is 0.335 e. The molecule has 4 rings (SSSR count). The van der Waals surface area contributed by atoms with Gasteiger partial charge in [0.2, 0.25) is 5.91 Å². The Balaban J connectivity index is 1.57. The quantitative estimate of drug-likeness (QED) is 0.114. The number of unbranched alkanes of at least 4 members (excludes halogenated alkanes) is 1. The van der Waals surface area contributed by atoms with Gasteiger partial charge < -0.3 is 19.9 Å². The maximum Gasteiger partial charge on any atom is 0.335 e. The summed E-state index contributed by atoms with van der Waals surface area (Å²) in [5.41, 5.74) is 3.64. The van der Waals surface area contributed by atoms with Crippen LogP contribution in [0.25, 0.3) is 0 Å². The number of carbonyl (C=O) groups excluding carboxylic acids is 2. The van der Waals surface area contributed by atoms with Crippen LogP contribution in [0.5, 0.6) is 0 Å². The van der Waals surface area contributed by atoms with E-state index in [2.05, 4.69) is 29.9 Å². The number of carboxylic acid groups (broad SMARTS) is 1. The van der Waals surface area contributed by atoms with Crippen LogP contribution in [-0.2, 0) is 30.6 Å². The van der Waals surface area contributed by atoms with E-state index in [1.807, 2.05) is 65.2 Å². The van der Waals surface area contributed by atoms with Crippen LogP contribution in [0, 0.1) is 5.92 Å². The van der Waals surface area contributed by atoms with E-state index in [1.54, 1.807) is 35.4 Å². The second-order valence-corrected chi connectivity index (χ2v) is 11.2. The molecule has 230 valence electrons. The number of amides is 2. The fourth-order valence-electron chi connectivity index (χ4n) is 5.01. The van der Waals surface area contributed by atoms with Crippen molar-refractivity contribution >= 4 is 30.4 Å². The maximum atomic E-state index is 14.2. The molecule has 0 spiro atoms. The summed E-state index contributed by atoms with van der Waals surface area (Å²) >= 11 is 4.44. The molecule has 1 atom stereocenters. The second-order valence-electron chi connectivity index (χ2n) is 10.8. The highest BCUT2D eigenvalue weighted by Gasteiger charge is 2.24. The summed E-state index contributed by atoms with van der Waals surface area (Å²) in [5, 5.41) is 12.3. The van der Waals surface area contributed by atoms with Gasteiger partial charge in [-0.15, -0.1) is 0 Å². The first kappa shape index (κ1) is 32.5. The number of aromatic nitrogens is 2. The van der Waals surface area contributed by atoms with E-state index in [0.29, 0.717) is 43.8 Å². The van der Waals surface area contributed by atoms with Crippen LogP contribution in [0.3, 0.4) is 0 Å². The Morgan fingerprint density at radius 2 is 1.57 bits per heavy atom. The molecule has 0 saturated heterocycles. The molecule has 0 aliphatic rings. The van der Waals surface area contributed by atoms with Crippen molar-refractivity contribution < 1.29 is 19.5 Å². The molecule has 9 heteroatoms. The van der Waals surface area contributed by atoms with Crippen molar-refractivity contribution in [3.8, 4) is 0 Å². The van der Waals surface area contributed by atoms with E-state index < -0.39 is 5.97 Å². The molecular weight excluding hydrogens is 572 g/mol. The van der Waals surface area contributed by atoms with Gasteiger partial charge in [0.15, 0.2) is 0 Å². The Morgan fingerprint density at radius 3 is 2.18 bits per heavy atom. The van der Waals surface area contributed by atoms with Gasteiger partial charge in [-0.05, 0) is 48.1 Å². The average molecular weight is 613 g/mol. The lowest BCUT2D eigenvalue weighted by Gasteiger charge is -2.25. The van der Waals surface area contributed by atoms with Gasteiger partial charge in [0.25, 0.3) is 5.91 Å². The summed E-state index contributed by atoms with van der Waals surface area (Å²) in [4.78, 5) is 45.1. The van der Waals surface area contributed by atoms with Gasteiger partial charge in [0.1, 0.15) is 11.5 Å². The number of nitrogens with one attached hydrogen (secondary N) is 1. The number of aryl methyl sites for hydroxylation is 1. The Bertz CT molecular complexity index is 1510. The molecule has 1 unspecified atom stereocenters. The summed E-state index contributed by atoms with van der Waals surface area (Å²) in [5.74, 6) is -0.540. The number of hydrogen-bond acceptors (Lipinski definition) is 5. The van der Waals surface area contributed by atoms with Crippen molar-refractivity contribution in [1.29, 1.82) is 0 Å². The van der Waals surface area contributed by atoms with Gasteiger partial charge >= 0.3 is 5.97 Å². The Morgan fingerprint density at radius 1 is 0.909 bits per heavy atom. The SMILES string of the molecule is CCCCc1ncc(C(=O)N(CCc2ccccc2)CNC(=O)C(CS)Cc2ccccc2)n1Cc1ccc(C(=O)O)cc1. The van der Waals surface area contributed by atoms with Crippen LogP contribution in [0.1, 0.15) is 63.1 Å². The standard InChI is InChI=1S/C35H40N4O4S/c1-2-3-14-32-36-22-31(39(32)23-28-15-17-29(18-16-28)35(42)43)34(41)38(20-19-26-10-6-4-7-11-26)25-37-33(40)30(24-44)21-27-12-8-5-9-13-27/h4-13,15-18,22,30,44H,2-3,14,19-21,23-25H2,1H3,(H,37,40)(H,42,43). The fourth-order valence-corrected chi connectivity index (χ4v) is 5.31.